The molecule has 4 rings (SSSR count). The first kappa shape index (κ1) is 24.3. The van der Waals surface area contributed by atoms with Crippen LogP contribution in [0.25, 0.3) is 0 Å². The number of amides is 1. The van der Waals surface area contributed by atoms with E-state index in [-0.39, 0.29) is 11.8 Å². The summed E-state index contributed by atoms with van der Waals surface area (Å²) in [6.07, 6.45) is 5.25. The molecule has 1 aliphatic heterocycles. The monoisotopic (exact) mass is 469 g/mol. The molecule has 2 fully saturated rings. The molecule has 0 bridgehead atoms. The summed E-state index contributed by atoms with van der Waals surface area (Å²) < 4.78 is 23.8. The van der Waals surface area contributed by atoms with Gasteiger partial charge in [0.1, 0.15) is 11.5 Å². The number of piperazine rings is 1. The van der Waals surface area contributed by atoms with Crippen molar-refractivity contribution in [1.82, 2.24) is 4.90 Å². The second-order valence-corrected chi connectivity index (χ2v) is 9.05. The van der Waals surface area contributed by atoms with Gasteiger partial charge in [0.25, 0.3) is 0 Å². The number of rotatable bonds is 9. The van der Waals surface area contributed by atoms with Gasteiger partial charge in [0.05, 0.1) is 18.5 Å². The Kier molecular flexibility index (Phi) is 8.63. The van der Waals surface area contributed by atoms with Crippen molar-refractivity contribution >= 4 is 17.3 Å². The Morgan fingerprint density at radius 2 is 1.65 bits per heavy atom. The van der Waals surface area contributed by atoms with Gasteiger partial charge in [-0.1, -0.05) is 43.5 Å². The molecule has 0 N–H and O–H groups in total. The van der Waals surface area contributed by atoms with E-state index in [4.69, 9.17) is 9.47 Å². The molecule has 0 spiro atoms. The minimum atomic E-state index is -0.909. The molecular formula is C27H36FN3O3. The average Bonchev–Trinajstić information content (AvgIpc) is 2.90. The van der Waals surface area contributed by atoms with Crippen LogP contribution in [0, 0.1) is 5.92 Å². The topological polar surface area (TPSA) is 45.2 Å². The third kappa shape index (κ3) is 5.81. The highest BCUT2D eigenvalue weighted by Crippen LogP contribution is 2.33. The zero-order chi connectivity index (χ0) is 23.8. The summed E-state index contributed by atoms with van der Waals surface area (Å²) in [6.45, 7) is 4.04. The number of benzene rings is 2. The number of alkyl halides is 1. The lowest BCUT2D eigenvalue weighted by Gasteiger charge is -2.38. The molecule has 6 nitrogen and oxygen atoms in total. The van der Waals surface area contributed by atoms with Crippen LogP contribution in [0.2, 0.25) is 0 Å². The molecule has 1 saturated heterocycles. The van der Waals surface area contributed by atoms with Crippen molar-refractivity contribution in [3.05, 3.63) is 48.5 Å². The van der Waals surface area contributed by atoms with E-state index in [0.717, 1.165) is 69.8 Å². The largest absolute Gasteiger partial charge is 0.495 e. The van der Waals surface area contributed by atoms with E-state index in [1.807, 2.05) is 41.3 Å². The molecule has 0 aromatic heterocycles. The lowest BCUT2D eigenvalue weighted by Crippen LogP contribution is -2.49. The molecule has 2 aromatic rings. The number of halogens is 1. The van der Waals surface area contributed by atoms with Crippen LogP contribution < -0.4 is 19.3 Å². The predicted octanol–water partition coefficient (Wildman–Crippen LogP) is 4.74. The third-order valence-electron chi connectivity index (χ3n) is 7.02. The van der Waals surface area contributed by atoms with E-state index in [1.165, 1.54) is 6.42 Å². The van der Waals surface area contributed by atoms with Crippen LogP contribution in [-0.4, -0.2) is 64.0 Å². The molecule has 34 heavy (non-hydrogen) atoms. The van der Waals surface area contributed by atoms with Gasteiger partial charge < -0.3 is 19.3 Å². The van der Waals surface area contributed by atoms with E-state index in [1.54, 1.807) is 13.2 Å². The number of carbonyl (C=O) groups excluding carboxylic acids is 1. The molecule has 2 aliphatic rings. The van der Waals surface area contributed by atoms with Gasteiger partial charge in [0.15, 0.2) is 0 Å². The van der Waals surface area contributed by atoms with Crippen molar-refractivity contribution in [2.24, 2.45) is 5.92 Å². The molecule has 0 unspecified atom stereocenters. The van der Waals surface area contributed by atoms with Crippen LogP contribution >= 0.6 is 0 Å². The summed E-state index contributed by atoms with van der Waals surface area (Å²) >= 11 is 0. The molecular weight excluding hydrogens is 433 g/mol. The van der Waals surface area contributed by atoms with Gasteiger partial charge in [-0.2, -0.15) is 0 Å². The minimum Gasteiger partial charge on any atom is -0.495 e. The maximum absolute atomic E-state index is 13.6. The standard InChI is InChI=1S/C27H36FN3O3/c1-33-25-13-7-5-11-23(25)30-18-15-29(16-19-30)17-20-31(27(32)22-9-3-2-4-10-22)24-12-6-8-14-26(24)34-21-28/h5-8,11-14,22H,2-4,9-10,15-21H2,1H3. The summed E-state index contributed by atoms with van der Waals surface area (Å²) in [6, 6.07) is 15.4. The fourth-order valence-corrected chi connectivity index (χ4v) is 5.13. The number of methoxy groups -OCH3 is 1. The van der Waals surface area contributed by atoms with E-state index < -0.39 is 6.86 Å². The van der Waals surface area contributed by atoms with E-state index in [2.05, 4.69) is 15.9 Å². The SMILES string of the molecule is COc1ccccc1N1CCN(CCN(C(=O)C2CCCCC2)c2ccccc2OCF)CC1. The maximum atomic E-state index is 13.6. The van der Waals surface area contributed by atoms with E-state index in [0.29, 0.717) is 18.0 Å². The van der Waals surface area contributed by atoms with Crippen LogP contribution in [0.4, 0.5) is 15.8 Å². The second kappa shape index (κ2) is 12.1. The minimum absolute atomic E-state index is 0.0366. The van der Waals surface area contributed by atoms with Crippen molar-refractivity contribution in [1.29, 1.82) is 0 Å². The Balaban J connectivity index is 1.42. The zero-order valence-electron chi connectivity index (χ0n) is 20.1. The number of anilines is 2. The highest BCUT2D eigenvalue weighted by molar-refractivity contribution is 5.96. The molecule has 1 saturated carbocycles. The summed E-state index contributed by atoms with van der Waals surface area (Å²) in [5.74, 6) is 1.50. The van der Waals surface area contributed by atoms with Crippen LogP contribution in [0.1, 0.15) is 32.1 Å². The number of hydrogen-bond donors (Lipinski definition) is 0. The molecule has 1 aliphatic carbocycles. The van der Waals surface area contributed by atoms with Crippen molar-refractivity contribution in [3.8, 4) is 11.5 Å². The molecule has 0 radical (unpaired) electrons. The number of carbonyl (C=O) groups is 1. The first-order chi connectivity index (χ1) is 16.7. The highest BCUT2D eigenvalue weighted by atomic mass is 19.1. The fraction of sp³-hybridized carbons (Fsp3) is 0.519. The van der Waals surface area contributed by atoms with Crippen LogP contribution in [0.15, 0.2) is 48.5 Å². The first-order valence-electron chi connectivity index (χ1n) is 12.4. The van der Waals surface area contributed by atoms with Gasteiger partial charge in [-0.05, 0) is 37.1 Å². The smallest absolute Gasteiger partial charge is 0.230 e. The Labute approximate surface area is 202 Å². The number of ether oxygens (including phenoxy) is 2. The Morgan fingerprint density at radius 1 is 0.971 bits per heavy atom. The predicted molar refractivity (Wildman–Crippen MR) is 134 cm³/mol. The van der Waals surface area contributed by atoms with Crippen molar-refractivity contribution in [3.63, 3.8) is 0 Å². The second-order valence-electron chi connectivity index (χ2n) is 9.05. The summed E-state index contributed by atoms with van der Waals surface area (Å²) in [7, 11) is 1.71. The van der Waals surface area contributed by atoms with Gasteiger partial charge in [-0.3, -0.25) is 9.69 Å². The summed E-state index contributed by atoms with van der Waals surface area (Å²) in [5, 5.41) is 0. The Morgan fingerprint density at radius 3 is 2.35 bits per heavy atom. The third-order valence-corrected chi connectivity index (χ3v) is 7.02. The van der Waals surface area contributed by atoms with Gasteiger partial charge in [0, 0.05) is 45.2 Å². The number of hydrogen-bond acceptors (Lipinski definition) is 5. The quantitative estimate of drug-likeness (QED) is 0.531. The number of para-hydroxylation sites is 4. The van der Waals surface area contributed by atoms with Crippen LogP contribution in [0.5, 0.6) is 11.5 Å². The number of nitrogens with zero attached hydrogens (tertiary/aromatic N) is 3. The van der Waals surface area contributed by atoms with Gasteiger partial charge >= 0.3 is 0 Å². The van der Waals surface area contributed by atoms with Crippen LogP contribution in [0.3, 0.4) is 0 Å². The summed E-state index contributed by atoms with van der Waals surface area (Å²) in [4.78, 5) is 20.2. The van der Waals surface area contributed by atoms with Gasteiger partial charge in [0.2, 0.25) is 12.8 Å². The van der Waals surface area contributed by atoms with Crippen molar-refractivity contribution in [2.45, 2.75) is 32.1 Å². The van der Waals surface area contributed by atoms with Crippen molar-refractivity contribution < 1.29 is 18.7 Å². The highest BCUT2D eigenvalue weighted by Gasteiger charge is 2.29. The Bertz CT molecular complexity index is 927. The molecule has 184 valence electrons. The maximum Gasteiger partial charge on any atom is 0.230 e. The van der Waals surface area contributed by atoms with Gasteiger partial charge in [-0.15, -0.1) is 0 Å². The summed E-state index contributed by atoms with van der Waals surface area (Å²) in [5.41, 5.74) is 1.79. The average molecular weight is 470 g/mol. The van der Waals surface area contributed by atoms with Crippen molar-refractivity contribution in [2.75, 3.05) is 63.0 Å². The zero-order valence-corrected chi connectivity index (χ0v) is 20.1. The Hall–Kier alpha value is -2.80. The molecule has 1 heterocycles. The molecule has 1 amide bonds. The first-order valence-corrected chi connectivity index (χ1v) is 12.4. The van der Waals surface area contributed by atoms with Crippen LogP contribution in [-0.2, 0) is 4.79 Å². The van der Waals surface area contributed by atoms with Gasteiger partial charge in [-0.25, -0.2) is 4.39 Å². The molecule has 7 heteroatoms. The lowest BCUT2D eigenvalue weighted by atomic mass is 9.88. The molecule has 0 atom stereocenters. The van der Waals surface area contributed by atoms with E-state index in [9.17, 15) is 9.18 Å². The fourth-order valence-electron chi connectivity index (χ4n) is 5.13. The normalized spacial score (nSPS) is 17.4. The molecule has 2 aromatic carbocycles. The lowest BCUT2D eigenvalue weighted by molar-refractivity contribution is -0.123. The van der Waals surface area contributed by atoms with E-state index >= 15 is 0 Å².